The van der Waals surface area contributed by atoms with Gasteiger partial charge in [0.25, 0.3) is 0 Å². The maximum Gasteiger partial charge on any atom is 0.407 e. The first-order chi connectivity index (χ1) is 15.1. The van der Waals surface area contributed by atoms with Crippen LogP contribution in [0.25, 0.3) is 0 Å². The number of amides is 1. The molecule has 5 nitrogen and oxygen atoms in total. The Morgan fingerprint density at radius 3 is 1.90 bits per heavy atom. The second kappa shape index (κ2) is 20.6. The fourth-order valence-electron chi connectivity index (χ4n) is 2.03. The van der Waals surface area contributed by atoms with E-state index in [1.165, 1.54) is 22.5 Å². The monoisotopic (exact) mass is 443 g/mol. The molecule has 0 saturated carbocycles. The van der Waals surface area contributed by atoms with Gasteiger partial charge in [0.15, 0.2) is 0 Å². The van der Waals surface area contributed by atoms with Crippen LogP contribution in [-0.2, 0) is 11.3 Å². The van der Waals surface area contributed by atoms with Gasteiger partial charge >= 0.3 is 6.09 Å². The van der Waals surface area contributed by atoms with Crippen molar-refractivity contribution in [3.05, 3.63) is 88.4 Å². The van der Waals surface area contributed by atoms with Crippen LogP contribution < -0.4 is 11.1 Å². The third kappa shape index (κ3) is 17.8. The third-order valence-electron chi connectivity index (χ3n) is 3.61. The zero-order chi connectivity index (χ0) is 23.2. The second-order valence-electron chi connectivity index (χ2n) is 6.28. The molecule has 0 spiro atoms. The smallest absolute Gasteiger partial charge is 0.407 e. The number of carbonyl (C=O) groups excluding carboxylic acids is 1. The summed E-state index contributed by atoms with van der Waals surface area (Å²) in [5, 5.41) is 2.65. The van der Waals surface area contributed by atoms with Gasteiger partial charge in [-0.2, -0.15) is 0 Å². The molecule has 0 aliphatic rings. The average molecular weight is 444 g/mol. The Hall–Kier alpha value is -2.70. The molecule has 0 bridgehead atoms. The van der Waals surface area contributed by atoms with Gasteiger partial charge < -0.3 is 15.8 Å². The van der Waals surface area contributed by atoms with Crippen LogP contribution in [0.1, 0.15) is 42.7 Å². The minimum absolute atomic E-state index is 0.285. The number of thiazole rings is 1. The first kappa shape index (κ1) is 28.3. The molecule has 1 aromatic heterocycles. The van der Waals surface area contributed by atoms with Crippen molar-refractivity contribution < 1.29 is 9.53 Å². The van der Waals surface area contributed by atoms with Crippen LogP contribution in [0, 0.1) is 13.8 Å². The van der Waals surface area contributed by atoms with Gasteiger partial charge in [-0.15, -0.1) is 11.3 Å². The summed E-state index contributed by atoms with van der Waals surface area (Å²) in [7, 11) is 0. The lowest BCUT2D eigenvalue weighted by atomic mass is 10.2. The highest BCUT2D eigenvalue weighted by Gasteiger charge is 2.02. The molecular formula is C25H37N3O2S. The van der Waals surface area contributed by atoms with Crippen molar-refractivity contribution in [1.29, 1.82) is 0 Å². The third-order valence-corrected chi connectivity index (χ3v) is 4.36. The summed E-state index contributed by atoms with van der Waals surface area (Å²) in [5.74, 6) is 0. The predicted molar refractivity (Wildman–Crippen MR) is 132 cm³/mol. The quantitative estimate of drug-likeness (QED) is 0.450. The Morgan fingerprint density at radius 1 is 0.968 bits per heavy atom. The number of alkyl carbamates (subject to hydrolysis) is 1. The number of nitrogens with two attached hydrogens (primary N) is 1. The van der Waals surface area contributed by atoms with Crippen LogP contribution in [0.4, 0.5) is 4.79 Å². The van der Waals surface area contributed by atoms with E-state index in [2.05, 4.69) is 48.4 Å². The molecule has 1 amide bonds. The van der Waals surface area contributed by atoms with E-state index >= 15 is 0 Å². The van der Waals surface area contributed by atoms with E-state index in [1.807, 2.05) is 50.2 Å². The average Bonchev–Trinajstić information content (AvgIpc) is 3.32. The Labute approximate surface area is 191 Å². The molecule has 0 fully saturated rings. The number of carbonyl (C=O) groups is 1. The number of aromatic nitrogens is 1. The molecule has 0 unspecified atom stereocenters. The van der Waals surface area contributed by atoms with Crippen LogP contribution in [0.2, 0.25) is 0 Å². The van der Waals surface area contributed by atoms with Gasteiger partial charge in [0.1, 0.15) is 6.61 Å². The van der Waals surface area contributed by atoms with Gasteiger partial charge in [0.05, 0.1) is 10.4 Å². The number of hydrogen-bond donors (Lipinski definition) is 2. The number of ether oxygens (including phenoxy) is 1. The maximum absolute atomic E-state index is 11.1. The summed E-state index contributed by atoms with van der Waals surface area (Å²) in [5.41, 5.74) is 9.67. The summed E-state index contributed by atoms with van der Waals surface area (Å²) in [6, 6.07) is 20.5. The Balaban J connectivity index is 0.000000467. The summed E-state index contributed by atoms with van der Waals surface area (Å²) >= 11 is 1.46. The molecule has 31 heavy (non-hydrogen) atoms. The van der Waals surface area contributed by atoms with Crippen LogP contribution in [0.5, 0.6) is 0 Å². The van der Waals surface area contributed by atoms with Crippen molar-refractivity contribution in [3.8, 4) is 0 Å². The number of aryl methyl sites for hydroxylation is 2. The van der Waals surface area contributed by atoms with E-state index < -0.39 is 0 Å². The van der Waals surface area contributed by atoms with E-state index in [0.717, 1.165) is 17.7 Å². The molecule has 170 valence electrons. The molecule has 0 atom stereocenters. The Bertz CT molecular complexity index is 713. The fraction of sp³-hybridized carbons (Fsp3) is 0.360. The van der Waals surface area contributed by atoms with Crippen molar-refractivity contribution in [1.82, 2.24) is 10.3 Å². The molecule has 0 aliphatic heterocycles. The van der Waals surface area contributed by atoms with Crippen LogP contribution in [0.15, 0.2) is 72.4 Å². The normalized spacial score (nSPS) is 8.94. The number of benzene rings is 2. The highest BCUT2D eigenvalue weighted by molar-refractivity contribution is 7.09. The molecule has 3 rings (SSSR count). The number of rotatable bonds is 6. The van der Waals surface area contributed by atoms with E-state index in [1.54, 1.807) is 11.7 Å². The van der Waals surface area contributed by atoms with Crippen LogP contribution in [0.3, 0.4) is 0 Å². The minimum atomic E-state index is -0.388. The maximum atomic E-state index is 11.1. The topological polar surface area (TPSA) is 77.2 Å². The molecule has 0 radical (unpaired) electrons. The molecular weight excluding hydrogens is 406 g/mol. The van der Waals surface area contributed by atoms with Gasteiger partial charge in [0, 0.05) is 12.7 Å². The van der Waals surface area contributed by atoms with Crippen molar-refractivity contribution in [2.24, 2.45) is 5.73 Å². The van der Waals surface area contributed by atoms with Crippen LogP contribution >= 0.6 is 11.3 Å². The van der Waals surface area contributed by atoms with E-state index in [0.29, 0.717) is 13.1 Å². The standard InChI is InChI=1S/C9H15N3O2S.2C7H8.C2H6/c10-3-1-2-4-12-9(13)14-6-8-5-11-7-15-8;2*1-7-5-3-2-4-6-7;1-2/h5,7H,1-4,6,10H2,(H,12,13);2*2-6H,1H3;1-2H3. The predicted octanol–water partition coefficient (Wildman–Crippen LogP) is 6.12. The van der Waals surface area contributed by atoms with Gasteiger partial charge in [0.2, 0.25) is 0 Å². The van der Waals surface area contributed by atoms with Crippen molar-refractivity contribution in [3.63, 3.8) is 0 Å². The summed E-state index contributed by atoms with van der Waals surface area (Å²) in [6.45, 7) is 9.71. The van der Waals surface area contributed by atoms with Crippen molar-refractivity contribution in [2.45, 2.75) is 47.1 Å². The minimum Gasteiger partial charge on any atom is -0.444 e. The lowest BCUT2D eigenvalue weighted by Gasteiger charge is -2.04. The number of nitrogens with one attached hydrogen (secondary N) is 1. The lowest BCUT2D eigenvalue weighted by molar-refractivity contribution is 0.140. The number of unbranched alkanes of at least 4 members (excludes halogenated alkanes) is 1. The molecule has 0 saturated heterocycles. The summed E-state index contributed by atoms with van der Waals surface area (Å²) < 4.78 is 4.96. The number of hydrogen-bond acceptors (Lipinski definition) is 5. The van der Waals surface area contributed by atoms with E-state index in [-0.39, 0.29) is 12.7 Å². The zero-order valence-corrected chi connectivity index (χ0v) is 20.0. The largest absolute Gasteiger partial charge is 0.444 e. The first-order valence-corrected chi connectivity index (χ1v) is 11.5. The number of nitrogens with zero attached hydrogens (tertiary/aromatic N) is 1. The SMILES string of the molecule is CC.Cc1ccccc1.Cc1ccccc1.NCCCCNC(=O)OCc1cncs1. The fourth-order valence-corrected chi connectivity index (χ4v) is 2.54. The summed E-state index contributed by atoms with van der Waals surface area (Å²) in [6.07, 6.45) is 3.09. The second-order valence-corrected chi connectivity index (χ2v) is 7.25. The Morgan fingerprint density at radius 2 is 1.52 bits per heavy atom. The highest BCUT2D eigenvalue weighted by atomic mass is 32.1. The van der Waals surface area contributed by atoms with E-state index in [9.17, 15) is 4.79 Å². The van der Waals surface area contributed by atoms with Crippen molar-refractivity contribution in [2.75, 3.05) is 13.1 Å². The van der Waals surface area contributed by atoms with Gasteiger partial charge in [-0.3, -0.25) is 4.98 Å². The molecule has 6 heteroatoms. The molecule has 1 heterocycles. The van der Waals surface area contributed by atoms with Crippen LogP contribution in [-0.4, -0.2) is 24.2 Å². The summed E-state index contributed by atoms with van der Waals surface area (Å²) in [4.78, 5) is 15.9. The zero-order valence-electron chi connectivity index (χ0n) is 19.2. The first-order valence-electron chi connectivity index (χ1n) is 10.6. The van der Waals surface area contributed by atoms with Crippen molar-refractivity contribution >= 4 is 17.4 Å². The van der Waals surface area contributed by atoms with Gasteiger partial charge in [-0.05, 0) is 33.2 Å². The van der Waals surface area contributed by atoms with Gasteiger partial charge in [-0.1, -0.05) is 85.6 Å². The highest BCUT2D eigenvalue weighted by Crippen LogP contribution is 2.06. The molecule has 3 N–H and O–H groups in total. The Kier molecular flexibility index (Phi) is 18.8. The lowest BCUT2D eigenvalue weighted by Crippen LogP contribution is -2.25. The van der Waals surface area contributed by atoms with Gasteiger partial charge in [-0.25, -0.2) is 4.79 Å². The molecule has 2 aromatic carbocycles. The van der Waals surface area contributed by atoms with E-state index in [4.69, 9.17) is 10.5 Å². The molecule has 0 aliphatic carbocycles. The molecule has 3 aromatic rings.